The average Bonchev–Trinajstić information content (AvgIpc) is 2.71. The summed E-state index contributed by atoms with van der Waals surface area (Å²) in [4.78, 5) is 28.2. The Morgan fingerprint density at radius 1 is 1.15 bits per heavy atom. The summed E-state index contributed by atoms with van der Waals surface area (Å²) in [5, 5.41) is 7.07. The molecule has 0 unspecified atom stereocenters. The lowest BCUT2D eigenvalue weighted by Crippen LogP contribution is -2.34. The Labute approximate surface area is 156 Å². The number of carbonyl (C=O) groups is 1. The van der Waals surface area contributed by atoms with Crippen LogP contribution < -0.4 is 15.6 Å². The van der Waals surface area contributed by atoms with E-state index in [0.29, 0.717) is 18.7 Å². The number of aromatic nitrogens is 3. The van der Waals surface area contributed by atoms with Gasteiger partial charge in [0.15, 0.2) is 0 Å². The second kappa shape index (κ2) is 8.75. The van der Waals surface area contributed by atoms with Gasteiger partial charge in [0.1, 0.15) is 12.3 Å². The van der Waals surface area contributed by atoms with Crippen LogP contribution in [0.25, 0.3) is 11.3 Å². The summed E-state index contributed by atoms with van der Waals surface area (Å²) in [6.07, 6.45) is 4.01. The summed E-state index contributed by atoms with van der Waals surface area (Å²) in [7, 11) is 1.62. The first-order valence-corrected chi connectivity index (χ1v) is 8.54. The molecule has 0 saturated heterocycles. The highest BCUT2D eigenvalue weighted by atomic mass is 16.5. The molecule has 3 rings (SSSR count). The third-order valence-corrected chi connectivity index (χ3v) is 4.01. The molecule has 1 N–H and O–H groups in total. The Bertz CT molecular complexity index is 953. The van der Waals surface area contributed by atoms with Crippen LogP contribution in [0.5, 0.6) is 5.75 Å². The number of hydrogen-bond donors (Lipinski definition) is 1. The van der Waals surface area contributed by atoms with Crippen molar-refractivity contribution < 1.29 is 9.53 Å². The highest BCUT2D eigenvalue weighted by molar-refractivity contribution is 5.75. The zero-order valence-corrected chi connectivity index (χ0v) is 15.0. The zero-order chi connectivity index (χ0) is 19.1. The molecule has 27 heavy (non-hydrogen) atoms. The topological polar surface area (TPSA) is 86.1 Å². The molecule has 0 aliphatic heterocycles. The molecule has 7 nitrogen and oxygen atoms in total. The van der Waals surface area contributed by atoms with Crippen LogP contribution in [0.3, 0.4) is 0 Å². The predicted octanol–water partition coefficient (Wildman–Crippen LogP) is 1.67. The molecule has 1 aromatic carbocycles. The first-order valence-electron chi connectivity index (χ1n) is 8.54. The maximum Gasteiger partial charge on any atom is 0.267 e. The molecule has 0 atom stereocenters. The smallest absolute Gasteiger partial charge is 0.267 e. The van der Waals surface area contributed by atoms with Crippen LogP contribution >= 0.6 is 0 Å². The van der Waals surface area contributed by atoms with Crippen LogP contribution in [0.1, 0.15) is 5.56 Å². The fraction of sp³-hybridized carbons (Fsp3) is 0.200. The van der Waals surface area contributed by atoms with Gasteiger partial charge in [-0.1, -0.05) is 12.1 Å². The molecule has 0 saturated carbocycles. The number of nitrogens with one attached hydrogen (secondary N) is 1. The molecule has 138 valence electrons. The van der Waals surface area contributed by atoms with Crippen LogP contribution in [0, 0.1) is 0 Å². The monoisotopic (exact) mass is 364 g/mol. The maximum absolute atomic E-state index is 12.2. The Morgan fingerprint density at radius 3 is 2.67 bits per heavy atom. The van der Waals surface area contributed by atoms with Gasteiger partial charge in [-0.25, -0.2) is 4.68 Å². The first kappa shape index (κ1) is 18.3. The minimum atomic E-state index is -0.326. The van der Waals surface area contributed by atoms with Crippen LogP contribution in [0.2, 0.25) is 0 Å². The zero-order valence-electron chi connectivity index (χ0n) is 15.0. The molecule has 2 aromatic heterocycles. The van der Waals surface area contributed by atoms with Crippen molar-refractivity contribution in [1.29, 1.82) is 0 Å². The lowest BCUT2D eigenvalue weighted by molar-refractivity contribution is -0.121. The van der Waals surface area contributed by atoms with Crippen molar-refractivity contribution in [2.45, 2.75) is 13.0 Å². The highest BCUT2D eigenvalue weighted by Crippen LogP contribution is 2.13. The molecular weight excluding hydrogens is 344 g/mol. The molecule has 0 fully saturated rings. The average molecular weight is 364 g/mol. The van der Waals surface area contributed by atoms with Crippen LogP contribution in [-0.4, -0.2) is 34.3 Å². The van der Waals surface area contributed by atoms with Gasteiger partial charge in [-0.15, -0.1) is 0 Å². The Kier molecular flexibility index (Phi) is 5.94. The number of nitrogens with zero attached hydrogens (tertiary/aromatic N) is 3. The van der Waals surface area contributed by atoms with Gasteiger partial charge in [0, 0.05) is 30.6 Å². The van der Waals surface area contributed by atoms with Crippen LogP contribution in [0.15, 0.2) is 65.7 Å². The van der Waals surface area contributed by atoms with E-state index in [2.05, 4.69) is 15.4 Å². The molecule has 0 radical (unpaired) electrons. The van der Waals surface area contributed by atoms with E-state index in [1.807, 2.05) is 30.3 Å². The van der Waals surface area contributed by atoms with Gasteiger partial charge in [-0.05, 0) is 42.3 Å². The number of carbonyl (C=O) groups excluding carboxylic acids is 1. The quantitative estimate of drug-likeness (QED) is 0.689. The fourth-order valence-corrected chi connectivity index (χ4v) is 2.56. The van der Waals surface area contributed by atoms with Gasteiger partial charge in [0.25, 0.3) is 5.56 Å². The summed E-state index contributed by atoms with van der Waals surface area (Å²) < 4.78 is 6.28. The van der Waals surface area contributed by atoms with E-state index >= 15 is 0 Å². The Morgan fingerprint density at radius 2 is 1.96 bits per heavy atom. The molecule has 7 heteroatoms. The van der Waals surface area contributed by atoms with Crippen LogP contribution in [0.4, 0.5) is 0 Å². The van der Waals surface area contributed by atoms with Gasteiger partial charge in [-0.2, -0.15) is 5.10 Å². The second-order valence-corrected chi connectivity index (χ2v) is 5.90. The van der Waals surface area contributed by atoms with Gasteiger partial charge in [0.2, 0.25) is 5.91 Å². The first-order chi connectivity index (χ1) is 13.2. The molecule has 1 amide bonds. The van der Waals surface area contributed by atoms with Crippen molar-refractivity contribution in [3.05, 3.63) is 76.8 Å². The molecule has 2 heterocycles. The molecular formula is C20H20N4O3. The normalized spacial score (nSPS) is 10.4. The van der Waals surface area contributed by atoms with Crippen molar-refractivity contribution in [1.82, 2.24) is 20.1 Å². The lowest BCUT2D eigenvalue weighted by Gasteiger charge is -2.08. The van der Waals surface area contributed by atoms with Crippen molar-refractivity contribution in [3.8, 4) is 17.0 Å². The van der Waals surface area contributed by atoms with E-state index in [4.69, 9.17) is 4.74 Å². The minimum Gasteiger partial charge on any atom is -0.497 e. The fourth-order valence-electron chi connectivity index (χ4n) is 2.56. The molecule has 0 spiro atoms. The van der Waals surface area contributed by atoms with Gasteiger partial charge in [-0.3, -0.25) is 14.6 Å². The lowest BCUT2D eigenvalue weighted by atomic mass is 10.1. The maximum atomic E-state index is 12.2. The van der Waals surface area contributed by atoms with E-state index in [9.17, 15) is 9.59 Å². The van der Waals surface area contributed by atoms with Crippen molar-refractivity contribution >= 4 is 5.91 Å². The van der Waals surface area contributed by atoms with Crippen molar-refractivity contribution in [2.24, 2.45) is 0 Å². The van der Waals surface area contributed by atoms with Gasteiger partial charge < -0.3 is 10.1 Å². The number of amides is 1. The summed E-state index contributed by atoms with van der Waals surface area (Å²) in [6, 6.07) is 14.3. The summed E-state index contributed by atoms with van der Waals surface area (Å²) in [5.41, 5.74) is 2.14. The number of hydrogen-bond acceptors (Lipinski definition) is 5. The highest BCUT2D eigenvalue weighted by Gasteiger charge is 2.08. The number of benzene rings is 1. The summed E-state index contributed by atoms with van der Waals surface area (Å²) >= 11 is 0. The third-order valence-electron chi connectivity index (χ3n) is 4.01. The predicted molar refractivity (Wildman–Crippen MR) is 101 cm³/mol. The second-order valence-electron chi connectivity index (χ2n) is 5.90. The molecule has 0 aliphatic rings. The van der Waals surface area contributed by atoms with Crippen LogP contribution in [-0.2, 0) is 17.8 Å². The van der Waals surface area contributed by atoms with Gasteiger partial charge in [0.05, 0.1) is 12.8 Å². The van der Waals surface area contributed by atoms with E-state index < -0.39 is 0 Å². The molecule has 0 aliphatic carbocycles. The van der Waals surface area contributed by atoms with E-state index in [-0.39, 0.29) is 18.0 Å². The molecule has 0 bridgehead atoms. The van der Waals surface area contributed by atoms with E-state index in [1.54, 1.807) is 31.6 Å². The minimum absolute atomic E-state index is 0.129. The molecule has 3 aromatic rings. The Hall–Kier alpha value is -3.48. The largest absolute Gasteiger partial charge is 0.497 e. The van der Waals surface area contributed by atoms with Gasteiger partial charge >= 0.3 is 0 Å². The van der Waals surface area contributed by atoms with Crippen molar-refractivity contribution in [2.75, 3.05) is 13.7 Å². The SMILES string of the molecule is COc1ccc(CCNC(=O)Cn2nc(-c3cccnc3)ccc2=O)cc1. The number of ether oxygens (including phenoxy) is 1. The standard InChI is InChI=1S/C20H20N4O3/c1-27-17-6-4-15(5-7-17)10-12-22-19(25)14-24-20(26)9-8-18(23-24)16-3-2-11-21-13-16/h2-9,11,13H,10,12,14H2,1H3,(H,22,25). The number of rotatable bonds is 7. The van der Waals surface area contributed by atoms with Crippen molar-refractivity contribution in [3.63, 3.8) is 0 Å². The van der Waals surface area contributed by atoms with E-state index in [1.165, 1.54) is 6.07 Å². The Balaban J connectivity index is 1.58. The third kappa shape index (κ3) is 5.01. The number of methoxy groups -OCH3 is 1. The summed E-state index contributed by atoms with van der Waals surface area (Å²) in [5.74, 6) is 0.531. The number of pyridine rings is 1. The summed E-state index contributed by atoms with van der Waals surface area (Å²) in [6.45, 7) is 0.345. The van der Waals surface area contributed by atoms with E-state index in [0.717, 1.165) is 21.6 Å².